The molecule has 0 aliphatic carbocycles. The lowest BCUT2D eigenvalue weighted by Gasteiger charge is -2.32. The molecule has 0 spiro atoms. The maximum absolute atomic E-state index is 10.6. The van der Waals surface area contributed by atoms with E-state index in [1.54, 1.807) is 0 Å². The van der Waals surface area contributed by atoms with Crippen LogP contribution in [0.15, 0.2) is 0 Å². The van der Waals surface area contributed by atoms with E-state index in [0.29, 0.717) is 13.0 Å². The summed E-state index contributed by atoms with van der Waals surface area (Å²) in [5.41, 5.74) is 0. The average molecular weight is 174 g/mol. The molecular weight excluding hydrogens is 160 g/mol. The zero-order chi connectivity index (χ0) is 9.14. The van der Waals surface area contributed by atoms with Crippen molar-refractivity contribution in [3.05, 3.63) is 0 Å². The number of aliphatic hydroxyl groups excluding tert-OH is 2. The number of hydrogen-bond donors (Lipinski definition) is 4. The van der Waals surface area contributed by atoms with Crippen LogP contribution in [0.3, 0.4) is 0 Å². The summed E-state index contributed by atoms with van der Waals surface area (Å²) in [5, 5.41) is 23.8. The van der Waals surface area contributed by atoms with Crippen molar-refractivity contribution in [1.82, 2.24) is 10.6 Å². The van der Waals surface area contributed by atoms with Gasteiger partial charge in [0.15, 0.2) is 0 Å². The Morgan fingerprint density at radius 2 is 2.25 bits per heavy atom. The largest absolute Gasteiger partial charge is 0.387 e. The van der Waals surface area contributed by atoms with E-state index in [1.807, 2.05) is 0 Å². The Kier molecular flexibility index (Phi) is 3.02. The minimum atomic E-state index is -0.935. The van der Waals surface area contributed by atoms with E-state index < -0.39 is 12.3 Å². The summed E-state index contributed by atoms with van der Waals surface area (Å²) in [5.74, 6) is -0.187. The quantitative estimate of drug-likeness (QED) is 0.377. The fraction of sp³-hybridized carbons (Fsp3) is 0.857. The molecule has 0 radical (unpaired) electrons. The van der Waals surface area contributed by atoms with Crippen molar-refractivity contribution in [2.24, 2.45) is 0 Å². The standard InChI is InChI=1S/C7H14N2O3/c1-4(10)9-5-2-3-8-7(12)6(5)11/h5-8,11-12H,2-3H2,1H3,(H,9,10). The lowest BCUT2D eigenvalue weighted by atomic mass is 10.0. The molecule has 0 aromatic carbocycles. The van der Waals surface area contributed by atoms with Gasteiger partial charge in [0.1, 0.15) is 12.3 Å². The fourth-order valence-electron chi connectivity index (χ4n) is 1.32. The van der Waals surface area contributed by atoms with Gasteiger partial charge >= 0.3 is 0 Å². The Bertz CT molecular complexity index is 174. The summed E-state index contributed by atoms with van der Waals surface area (Å²) in [6.45, 7) is 1.99. The van der Waals surface area contributed by atoms with Gasteiger partial charge in [-0.05, 0) is 13.0 Å². The summed E-state index contributed by atoms with van der Waals surface area (Å²) in [7, 11) is 0. The highest BCUT2D eigenvalue weighted by molar-refractivity contribution is 5.73. The second kappa shape index (κ2) is 3.84. The topological polar surface area (TPSA) is 81.6 Å². The average Bonchev–Trinajstić information content (AvgIpc) is 1.98. The number of aliphatic hydroxyl groups is 2. The number of hydrogen-bond acceptors (Lipinski definition) is 4. The van der Waals surface area contributed by atoms with Crippen molar-refractivity contribution in [2.75, 3.05) is 6.54 Å². The zero-order valence-corrected chi connectivity index (χ0v) is 6.95. The maximum atomic E-state index is 10.6. The van der Waals surface area contributed by atoms with Gasteiger partial charge in [-0.25, -0.2) is 0 Å². The molecule has 1 saturated heterocycles. The molecule has 1 amide bonds. The second-order valence-corrected chi connectivity index (χ2v) is 2.99. The number of piperidine rings is 1. The van der Waals surface area contributed by atoms with Gasteiger partial charge in [0.25, 0.3) is 0 Å². The van der Waals surface area contributed by atoms with Crippen LogP contribution < -0.4 is 10.6 Å². The van der Waals surface area contributed by atoms with Gasteiger partial charge in [-0.3, -0.25) is 10.1 Å². The second-order valence-electron chi connectivity index (χ2n) is 2.99. The van der Waals surface area contributed by atoms with Crippen LogP contribution in [0.25, 0.3) is 0 Å². The summed E-state index contributed by atoms with van der Waals surface area (Å²) in [6, 6.07) is -0.334. The molecule has 0 saturated carbocycles. The van der Waals surface area contributed by atoms with Gasteiger partial charge in [-0.2, -0.15) is 0 Å². The van der Waals surface area contributed by atoms with Crippen molar-refractivity contribution in [1.29, 1.82) is 0 Å². The first-order chi connectivity index (χ1) is 5.61. The Morgan fingerprint density at radius 3 is 2.83 bits per heavy atom. The predicted molar refractivity (Wildman–Crippen MR) is 42.2 cm³/mol. The Labute approximate surface area is 70.8 Å². The van der Waals surface area contributed by atoms with Crippen LogP contribution in [0.4, 0.5) is 0 Å². The third kappa shape index (κ3) is 2.17. The van der Waals surface area contributed by atoms with Crippen molar-refractivity contribution < 1.29 is 15.0 Å². The van der Waals surface area contributed by atoms with E-state index in [-0.39, 0.29) is 11.9 Å². The number of amides is 1. The number of carbonyl (C=O) groups is 1. The summed E-state index contributed by atoms with van der Waals surface area (Å²) >= 11 is 0. The van der Waals surface area contributed by atoms with E-state index in [4.69, 9.17) is 5.11 Å². The Balaban J connectivity index is 2.46. The maximum Gasteiger partial charge on any atom is 0.217 e. The summed E-state index contributed by atoms with van der Waals surface area (Å²) in [4.78, 5) is 10.6. The Hall–Kier alpha value is -0.650. The molecule has 1 aliphatic rings. The molecule has 5 heteroatoms. The smallest absolute Gasteiger partial charge is 0.217 e. The summed E-state index contributed by atoms with van der Waals surface area (Å²) in [6.07, 6.45) is -1.21. The molecule has 1 aliphatic heterocycles. The van der Waals surface area contributed by atoms with Gasteiger partial charge in [-0.1, -0.05) is 0 Å². The third-order valence-corrected chi connectivity index (χ3v) is 1.93. The molecule has 1 rings (SSSR count). The van der Waals surface area contributed by atoms with Crippen LogP contribution in [0.2, 0.25) is 0 Å². The monoisotopic (exact) mass is 174 g/mol. The molecule has 5 nitrogen and oxygen atoms in total. The van der Waals surface area contributed by atoms with Crippen LogP contribution >= 0.6 is 0 Å². The van der Waals surface area contributed by atoms with E-state index in [2.05, 4.69) is 10.6 Å². The highest BCUT2D eigenvalue weighted by Gasteiger charge is 2.30. The van der Waals surface area contributed by atoms with Gasteiger partial charge in [-0.15, -0.1) is 0 Å². The zero-order valence-electron chi connectivity index (χ0n) is 6.95. The van der Waals surface area contributed by atoms with Gasteiger partial charge in [0.05, 0.1) is 6.04 Å². The van der Waals surface area contributed by atoms with Crippen molar-refractivity contribution in [2.45, 2.75) is 31.7 Å². The van der Waals surface area contributed by atoms with E-state index in [9.17, 15) is 9.90 Å². The lowest BCUT2D eigenvalue weighted by molar-refractivity contribution is -0.122. The third-order valence-electron chi connectivity index (χ3n) is 1.93. The molecule has 4 N–H and O–H groups in total. The van der Waals surface area contributed by atoms with Crippen LogP contribution in [0.5, 0.6) is 0 Å². The molecule has 12 heavy (non-hydrogen) atoms. The van der Waals surface area contributed by atoms with Gasteiger partial charge < -0.3 is 15.5 Å². The molecule has 1 fully saturated rings. The minimum absolute atomic E-state index is 0.187. The highest BCUT2D eigenvalue weighted by atomic mass is 16.3. The molecule has 1 heterocycles. The first-order valence-electron chi connectivity index (χ1n) is 3.98. The number of carbonyl (C=O) groups excluding carboxylic acids is 1. The minimum Gasteiger partial charge on any atom is -0.387 e. The highest BCUT2D eigenvalue weighted by Crippen LogP contribution is 2.07. The molecule has 3 unspecified atom stereocenters. The Morgan fingerprint density at radius 1 is 1.58 bits per heavy atom. The summed E-state index contributed by atoms with van der Waals surface area (Å²) < 4.78 is 0. The van der Waals surface area contributed by atoms with E-state index in [0.717, 1.165) is 0 Å². The number of nitrogens with one attached hydrogen (secondary N) is 2. The molecule has 70 valence electrons. The van der Waals surface area contributed by atoms with Crippen molar-refractivity contribution in [3.8, 4) is 0 Å². The normalized spacial score (nSPS) is 36.1. The van der Waals surface area contributed by atoms with Crippen LogP contribution in [0.1, 0.15) is 13.3 Å². The van der Waals surface area contributed by atoms with Gasteiger partial charge in [0, 0.05) is 6.92 Å². The van der Waals surface area contributed by atoms with Crippen LogP contribution in [-0.4, -0.2) is 41.0 Å². The SMILES string of the molecule is CC(=O)NC1CCNC(O)C1O. The van der Waals surface area contributed by atoms with Crippen LogP contribution in [0, 0.1) is 0 Å². The van der Waals surface area contributed by atoms with Crippen molar-refractivity contribution >= 4 is 5.91 Å². The molecule has 0 aromatic rings. The lowest BCUT2D eigenvalue weighted by Crippen LogP contribution is -2.58. The van der Waals surface area contributed by atoms with Gasteiger partial charge in [0.2, 0.25) is 5.91 Å². The number of rotatable bonds is 1. The van der Waals surface area contributed by atoms with E-state index >= 15 is 0 Å². The van der Waals surface area contributed by atoms with Crippen molar-refractivity contribution in [3.63, 3.8) is 0 Å². The first kappa shape index (κ1) is 9.44. The molecule has 0 aromatic heterocycles. The molecule has 0 bridgehead atoms. The predicted octanol–water partition coefficient (Wildman–Crippen LogP) is -1.84. The van der Waals surface area contributed by atoms with E-state index in [1.165, 1.54) is 6.92 Å². The molecular formula is C7H14N2O3. The van der Waals surface area contributed by atoms with Crippen LogP contribution in [-0.2, 0) is 4.79 Å². The fourth-order valence-corrected chi connectivity index (χ4v) is 1.32. The first-order valence-corrected chi connectivity index (χ1v) is 3.98. The molecule has 3 atom stereocenters.